The molecule has 172 valence electrons. The van der Waals surface area contributed by atoms with Gasteiger partial charge in [-0.3, -0.25) is 14.4 Å². The van der Waals surface area contributed by atoms with E-state index in [4.69, 9.17) is 16.3 Å². The van der Waals surface area contributed by atoms with Crippen LogP contribution in [-0.4, -0.2) is 69.5 Å². The van der Waals surface area contributed by atoms with Gasteiger partial charge in [-0.1, -0.05) is 23.7 Å². The second-order valence-electron chi connectivity index (χ2n) is 6.98. The molecular weight excluding hydrogens is 458 g/mol. The fourth-order valence-corrected chi connectivity index (χ4v) is 4.00. The van der Waals surface area contributed by atoms with Crippen molar-refractivity contribution < 1.29 is 27.5 Å². The fourth-order valence-electron chi connectivity index (χ4n) is 2.71. The van der Waals surface area contributed by atoms with E-state index >= 15 is 0 Å². The second-order valence-corrected chi connectivity index (χ2v) is 9.47. The first-order chi connectivity index (χ1) is 14.9. The maximum absolute atomic E-state index is 12.7. The van der Waals surface area contributed by atoms with E-state index in [0.29, 0.717) is 22.0 Å². The van der Waals surface area contributed by atoms with Crippen molar-refractivity contribution in [3.63, 3.8) is 0 Å². The van der Waals surface area contributed by atoms with Crippen LogP contribution in [-0.2, 0) is 19.6 Å². The average molecular weight is 482 g/mol. The zero-order chi connectivity index (χ0) is 24.1. The van der Waals surface area contributed by atoms with Crippen LogP contribution in [0.4, 0.5) is 5.69 Å². The Morgan fingerprint density at radius 3 is 2.22 bits per heavy atom. The van der Waals surface area contributed by atoms with Gasteiger partial charge in [0.1, 0.15) is 5.75 Å². The number of rotatable bonds is 9. The molecule has 11 heteroatoms. The van der Waals surface area contributed by atoms with Gasteiger partial charge in [0.2, 0.25) is 21.8 Å². The summed E-state index contributed by atoms with van der Waals surface area (Å²) in [4.78, 5) is 37.2. The number of Topliss-reactive ketones (excluding diaryl/α,β-unsaturated/α-hetero) is 1. The van der Waals surface area contributed by atoms with Gasteiger partial charge in [0, 0.05) is 24.7 Å². The lowest BCUT2D eigenvalue weighted by Gasteiger charge is -2.22. The van der Waals surface area contributed by atoms with Crippen molar-refractivity contribution in [3.8, 4) is 5.75 Å². The molecule has 1 N–H and O–H groups in total. The van der Waals surface area contributed by atoms with E-state index in [1.54, 1.807) is 12.1 Å². The quantitative estimate of drug-likeness (QED) is 0.550. The smallest absolute Gasteiger partial charge is 0.244 e. The molecule has 0 aliphatic rings. The maximum atomic E-state index is 12.7. The Morgan fingerprint density at radius 1 is 1.03 bits per heavy atom. The van der Waals surface area contributed by atoms with Crippen LogP contribution in [0.1, 0.15) is 17.3 Å². The van der Waals surface area contributed by atoms with Gasteiger partial charge in [-0.05, 0) is 37.3 Å². The number of carbonyl (C=O) groups excluding carboxylic acids is 3. The summed E-state index contributed by atoms with van der Waals surface area (Å²) in [6.45, 7) is 0.597. The number of carbonyl (C=O) groups is 3. The highest BCUT2D eigenvalue weighted by atomic mass is 35.5. The summed E-state index contributed by atoms with van der Waals surface area (Å²) in [5.41, 5.74) is 0.726. The summed E-state index contributed by atoms with van der Waals surface area (Å²) in [6.07, 6.45) is 0. The highest BCUT2D eigenvalue weighted by Gasteiger charge is 2.25. The number of amides is 2. The molecule has 0 heterocycles. The summed E-state index contributed by atoms with van der Waals surface area (Å²) >= 11 is 5.94. The molecule has 2 rings (SSSR count). The van der Waals surface area contributed by atoms with Gasteiger partial charge in [-0.25, -0.2) is 8.42 Å². The molecule has 0 aliphatic heterocycles. The predicted octanol–water partition coefficient (Wildman–Crippen LogP) is 2.27. The molecule has 2 aromatic carbocycles. The normalized spacial score (nSPS) is 11.2. The fraction of sp³-hybridized carbons (Fsp3) is 0.286. The molecule has 0 unspecified atom stereocenters. The van der Waals surface area contributed by atoms with Crippen LogP contribution < -0.4 is 10.1 Å². The summed E-state index contributed by atoms with van der Waals surface area (Å²) in [6, 6.07) is 10.1. The van der Waals surface area contributed by atoms with Gasteiger partial charge < -0.3 is 15.0 Å². The van der Waals surface area contributed by atoms with E-state index in [9.17, 15) is 22.8 Å². The van der Waals surface area contributed by atoms with Crippen LogP contribution in [0, 0.1) is 0 Å². The minimum Gasteiger partial charge on any atom is -0.495 e. The lowest BCUT2D eigenvalue weighted by atomic mass is 10.2. The Balaban J connectivity index is 2.01. The van der Waals surface area contributed by atoms with Crippen molar-refractivity contribution in [1.29, 1.82) is 0 Å². The first-order valence-electron chi connectivity index (χ1n) is 9.40. The van der Waals surface area contributed by atoms with E-state index in [0.717, 1.165) is 9.21 Å². The second kappa shape index (κ2) is 10.6. The van der Waals surface area contributed by atoms with Crippen molar-refractivity contribution in [2.45, 2.75) is 11.8 Å². The van der Waals surface area contributed by atoms with Crippen molar-refractivity contribution in [1.82, 2.24) is 9.21 Å². The van der Waals surface area contributed by atoms with Crippen LogP contribution in [0.5, 0.6) is 5.75 Å². The van der Waals surface area contributed by atoms with Crippen LogP contribution in [0.15, 0.2) is 47.4 Å². The monoisotopic (exact) mass is 481 g/mol. The average Bonchev–Trinajstić information content (AvgIpc) is 2.73. The summed E-state index contributed by atoms with van der Waals surface area (Å²) in [5, 5.41) is 3.01. The molecular formula is C21H24ClN3O6S. The topological polar surface area (TPSA) is 113 Å². The van der Waals surface area contributed by atoms with E-state index in [-0.39, 0.29) is 17.2 Å². The number of nitrogens with zero attached hydrogens (tertiary/aromatic N) is 2. The first-order valence-corrected chi connectivity index (χ1v) is 11.2. The highest BCUT2D eigenvalue weighted by molar-refractivity contribution is 7.89. The zero-order valence-corrected chi connectivity index (χ0v) is 19.7. The van der Waals surface area contributed by atoms with Crippen LogP contribution in [0.25, 0.3) is 0 Å². The Bertz CT molecular complexity index is 1120. The lowest BCUT2D eigenvalue weighted by Crippen LogP contribution is -2.42. The molecule has 0 spiro atoms. The Kier molecular flexibility index (Phi) is 8.37. The van der Waals surface area contributed by atoms with Gasteiger partial charge >= 0.3 is 0 Å². The molecule has 0 saturated carbocycles. The molecule has 2 amide bonds. The molecule has 0 saturated heterocycles. The third-order valence-electron chi connectivity index (χ3n) is 4.57. The van der Waals surface area contributed by atoms with Crippen molar-refractivity contribution >= 4 is 44.9 Å². The first kappa shape index (κ1) is 25.3. The zero-order valence-electron chi connectivity index (χ0n) is 18.1. The summed E-state index contributed by atoms with van der Waals surface area (Å²) in [7, 11) is 0.134. The summed E-state index contributed by atoms with van der Waals surface area (Å²) < 4.78 is 31.4. The minimum atomic E-state index is -3.96. The number of likely N-dealkylation sites (N-methyl/N-ethyl adjacent to an activating group) is 2. The van der Waals surface area contributed by atoms with Gasteiger partial charge in [-0.2, -0.15) is 4.31 Å². The number of ketones is 1. The number of hydrogen-bond acceptors (Lipinski definition) is 6. The Labute approximate surface area is 192 Å². The highest BCUT2D eigenvalue weighted by Crippen LogP contribution is 2.27. The van der Waals surface area contributed by atoms with E-state index in [2.05, 4.69) is 5.32 Å². The van der Waals surface area contributed by atoms with E-state index in [1.807, 2.05) is 0 Å². The minimum absolute atomic E-state index is 0.0498. The van der Waals surface area contributed by atoms with Gasteiger partial charge in [0.25, 0.3) is 0 Å². The van der Waals surface area contributed by atoms with E-state index in [1.165, 1.54) is 58.5 Å². The van der Waals surface area contributed by atoms with E-state index < -0.39 is 28.4 Å². The molecule has 0 aliphatic carbocycles. The number of hydrogen-bond donors (Lipinski definition) is 1. The number of halogens is 1. The molecule has 0 fully saturated rings. The molecule has 0 aromatic heterocycles. The van der Waals surface area contributed by atoms with Crippen molar-refractivity contribution in [3.05, 3.63) is 53.1 Å². The lowest BCUT2D eigenvalue weighted by molar-refractivity contribution is -0.133. The van der Waals surface area contributed by atoms with Gasteiger partial charge in [-0.15, -0.1) is 0 Å². The van der Waals surface area contributed by atoms with Crippen LogP contribution >= 0.6 is 11.6 Å². The predicted molar refractivity (Wildman–Crippen MR) is 121 cm³/mol. The third kappa shape index (κ3) is 6.28. The number of methoxy groups -OCH3 is 1. The maximum Gasteiger partial charge on any atom is 0.244 e. The largest absolute Gasteiger partial charge is 0.495 e. The van der Waals surface area contributed by atoms with Crippen LogP contribution in [0.3, 0.4) is 0 Å². The van der Waals surface area contributed by atoms with Crippen LogP contribution in [0.2, 0.25) is 5.02 Å². The molecule has 32 heavy (non-hydrogen) atoms. The molecule has 0 radical (unpaired) electrons. The van der Waals surface area contributed by atoms with Crippen molar-refractivity contribution in [2.24, 2.45) is 0 Å². The number of sulfonamides is 1. The Morgan fingerprint density at radius 2 is 1.66 bits per heavy atom. The molecule has 9 nitrogen and oxygen atoms in total. The molecule has 0 bridgehead atoms. The SMILES string of the molecule is COc1ccc(Cl)cc1NC(=O)CN(C)C(=O)CN(C)S(=O)(=O)c1ccc(C(C)=O)cc1. The number of nitrogens with one attached hydrogen (secondary N) is 1. The van der Waals surface area contributed by atoms with Gasteiger partial charge in [0.05, 0.1) is 30.8 Å². The number of benzene rings is 2. The number of ether oxygens (including phenoxy) is 1. The van der Waals surface area contributed by atoms with Gasteiger partial charge in [0.15, 0.2) is 5.78 Å². The summed E-state index contributed by atoms with van der Waals surface area (Å²) in [5.74, 6) is -0.873. The standard InChI is InChI=1S/C21H24ClN3O6S/c1-14(26)15-5-8-17(9-6-15)32(29,30)25(3)13-21(28)24(2)12-20(27)23-18-11-16(22)7-10-19(18)31-4/h5-11H,12-13H2,1-4H3,(H,23,27). The van der Waals surface area contributed by atoms with Crippen molar-refractivity contribution in [2.75, 3.05) is 39.6 Å². The molecule has 0 atom stereocenters. The Hall–Kier alpha value is -2.95. The molecule has 2 aromatic rings. The number of anilines is 1. The third-order valence-corrected chi connectivity index (χ3v) is 6.62.